The number of carbonyl (C=O) groups is 1. The lowest BCUT2D eigenvalue weighted by Crippen LogP contribution is -2.40. The van der Waals surface area contributed by atoms with Crippen molar-refractivity contribution >= 4 is 17.7 Å². The lowest BCUT2D eigenvalue weighted by atomic mass is 10.0. The van der Waals surface area contributed by atoms with Crippen LogP contribution in [0, 0.1) is 0 Å². The summed E-state index contributed by atoms with van der Waals surface area (Å²) in [6, 6.07) is 8.91. The van der Waals surface area contributed by atoms with Gasteiger partial charge in [0.2, 0.25) is 5.91 Å². The monoisotopic (exact) mass is 327 g/mol. The zero-order chi connectivity index (χ0) is 15.6. The third kappa shape index (κ3) is 2.90. The van der Waals surface area contributed by atoms with Crippen LogP contribution >= 0.6 is 11.8 Å². The lowest BCUT2D eigenvalue weighted by Gasteiger charge is -2.28. The van der Waals surface area contributed by atoms with Gasteiger partial charge in [-0.1, -0.05) is 24.3 Å². The van der Waals surface area contributed by atoms with Gasteiger partial charge in [-0.05, 0) is 42.6 Å². The number of rotatable bonds is 3. The molecule has 4 rings (SSSR count). The molecule has 2 aliphatic rings. The molecule has 1 N–H and O–H groups in total. The fourth-order valence-corrected chi connectivity index (χ4v) is 5.00. The first kappa shape index (κ1) is 14.8. The number of nitrogens with zero attached hydrogens (tertiary/aromatic N) is 2. The minimum atomic E-state index is -0.0658. The molecule has 0 radical (unpaired) electrons. The van der Waals surface area contributed by atoms with Gasteiger partial charge in [0, 0.05) is 18.4 Å². The molecule has 0 saturated heterocycles. The maximum absolute atomic E-state index is 12.9. The molecule has 1 aromatic carbocycles. The number of fused-ring (bicyclic) bond motifs is 1. The smallest absolute Gasteiger partial charge is 0.237 e. The molecule has 4 nitrogen and oxygen atoms in total. The summed E-state index contributed by atoms with van der Waals surface area (Å²) in [6.07, 6.45) is 10.0. The number of imidazole rings is 1. The van der Waals surface area contributed by atoms with Crippen molar-refractivity contribution in [3.05, 3.63) is 54.1 Å². The summed E-state index contributed by atoms with van der Waals surface area (Å²) in [4.78, 5) is 17.0. The summed E-state index contributed by atoms with van der Waals surface area (Å²) in [5.74, 6) is 1.18. The Balaban J connectivity index is 1.50. The maximum atomic E-state index is 12.9. The summed E-state index contributed by atoms with van der Waals surface area (Å²) in [6.45, 7) is 0. The minimum absolute atomic E-state index is 0.0658. The highest BCUT2D eigenvalue weighted by Crippen LogP contribution is 2.38. The molecule has 1 amide bonds. The molecule has 1 fully saturated rings. The average molecular weight is 327 g/mol. The van der Waals surface area contributed by atoms with E-state index < -0.39 is 0 Å². The fourth-order valence-electron chi connectivity index (χ4n) is 3.80. The number of hydrogen-bond acceptors (Lipinski definition) is 3. The summed E-state index contributed by atoms with van der Waals surface area (Å²) in [7, 11) is 0. The SMILES string of the molecule is O=C(NC1CCCC1n1ccnc1)C1SCCc2ccccc21. The fraction of sp³-hybridized carbons (Fsp3) is 0.444. The third-order valence-electron chi connectivity index (χ3n) is 4.95. The molecule has 0 spiro atoms. The Labute approximate surface area is 140 Å². The molecular formula is C18H21N3OS. The van der Waals surface area contributed by atoms with Gasteiger partial charge in [0.1, 0.15) is 5.25 Å². The first-order valence-electron chi connectivity index (χ1n) is 8.30. The summed E-state index contributed by atoms with van der Waals surface area (Å²) in [5, 5.41) is 3.25. The van der Waals surface area contributed by atoms with E-state index in [0.717, 1.165) is 31.4 Å². The Morgan fingerprint density at radius 1 is 1.30 bits per heavy atom. The van der Waals surface area contributed by atoms with Crippen LogP contribution in [-0.2, 0) is 11.2 Å². The molecule has 23 heavy (non-hydrogen) atoms. The van der Waals surface area contributed by atoms with Crippen LogP contribution in [-0.4, -0.2) is 27.3 Å². The van der Waals surface area contributed by atoms with Gasteiger partial charge in [-0.3, -0.25) is 4.79 Å². The molecule has 120 valence electrons. The van der Waals surface area contributed by atoms with Crippen LogP contribution in [0.25, 0.3) is 0 Å². The number of amides is 1. The van der Waals surface area contributed by atoms with E-state index in [0.29, 0.717) is 6.04 Å². The molecule has 1 aliphatic carbocycles. The topological polar surface area (TPSA) is 46.9 Å². The van der Waals surface area contributed by atoms with Crippen LogP contribution in [0.1, 0.15) is 41.7 Å². The Bertz CT molecular complexity index is 685. The molecule has 0 bridgehead atoms. The first-order valence-corrected chi connectivity index (χ1v) is 9.35. The van der Waals surface area contributed by atoms with E-state index in [2.05, 4.69) is 33.1 Å². The number of aromatic nitrogens is 2. The van der Waals surface area contributed by atoms with Gasteiger partial charge in [0.05, 0.1) is 12.4 Å². The Kier molecular flexibility index (Phi) is 4.12. The number of benzene rings is 1. The van der Waals surface area contributed by atoms with Crippen molar-refractivity contribution in [2.24, 2.45) is 0 Å². The molecule has 1 aromatic heterocycles. The number of aryl methyl sites for hydroxylation is 1. The van der Waals surface area contributed by atoms with Crippen LogP contribution in [0.5, 0.6) is 0 Å². The molecule has 2 aromatic rings. The minimum Gasteiger partial charge on any atom is -0.350 e. The van der Waals surface area contributed by atoms with Gasteiger partial charge >= 0.3 is 0 Å². The van der Waals surface area contributed by atoms with Gasteiger partial charge in [-0.2, -0.15) is 0 Å². The Morgan fingerprint density at radius 2 is 2.22 bits per heavy atom. The normalized spacial score (nSPS) is 26.7. The Morgan fingerprint density at radius 3 is 3.09 bits per heavy atom. The summed E-state index contributed by atoms with van der Waals surface area (Å²) >= 11 is 1.76. The maximum Gasteiger partial charge on any atom is 0.237 e. The van der Waals surface area contributed by atoms with Crippen molar-refractivity contribution in [3.63, 3.8) is 0 Å². The number of nitrogens with one attached hydrogen (secondary N) is 1. The van der Waals surface area contributed by atoms with Crippen LogP contribution < -0.4 is 5.32 Å². The van der Waals surface area contributed by atoms with E-state index in [1.54, 1.807) is 11.8 Å². The van der Waals surface area contributed by atoms with Gasteiger partial charge in [-0.15, -0.1) is 11.8 Å². The van der Waals surface area contributed by atoms with Crippen molar-refractivity contribution in [1.82, 2.24) is 14.9 Å². The Hall–Kier alpha value is -1.75. The second-order valence-corrected chi connectivity index (χ2v) is 7.54. The molecule has 3 atom stereocenters. The zero-order valence-electron chi connectivity index (χ0n) is 13.0. The van der Waals surface area contributed by atoms with Gasteiger partial charge in [0.15, 0.2) is 0 Å². The number of hydrogen-bond donors (Lipinski definition) is 1. The molecule has 2 heterocycles. The van der Waals surface area contributed by atoms with Gasteiger partial charge in [0.25, 0.3) is 0 Å². The highest BCUT2D eigenvalue weighted by atomic mass is 32.2. The van der Waals surface area contributed by atoms with E-state index in [1.807, 2.05) is 24.8 Å². The second kappa shape index (κ2) is 6.40. The predicted octanol–water partition coefficient (Wildman–Crippen LogP) is 3.12. The molecule has 5 heteroatoms. The van der Waals surface area contributed by atoms with Crippen LogP contribution in [0.2, 0.25) is 0 Å². The van der Waals surface area contributed by atoms with Crippen LogP contribution in [0.15, 0.2) is 43.0 Å². The molecule has 1 aliphatic heterocycles. The second-order valence-electron chi connectivity index (χ2n) is 6.32. The average Bonchev–Trinajstić information content (AvgIpc) is 3.25. The van der Waals surface area contributed by atoms with E-state index in [1.165, 1.54) is 11.1 Å². The van der Waals surface area contributed by atoms with Crippen molar-refractivity contribution in [1.29, 1.82) is 0 Å². The third-order valence-corrected chi connectivity index (χ3v) is 6.19. The summed E-state index contributed by atoms with van der Waals surface area (Å²) < 4.78 is 2.14. The lowest BCUT2D eigenvalue weighted by molar-refractivity contribution is -0.121. The van der Waals surface area contributed by atoms with Crippen molar-refractivity contribution in [3.8, 4) is 0 Å². The van der Waals surface area contributed by atoms with Crippen LogP contribution in [0.3, 0.4) is 0 Å². The summed E-state index contributed by atoms with van der Waals surface area (Å²) in [5.41, 5.74) is 2.52. The van der Waals surface area contributed by atoms with Crippen molar-refractivity contribution in [2.45, 2.75) is 43.0 Å². The number of thioether (sulfide) groups is 1. The van der Waals surface area contributed by atoms with E-state index >= 15 is 0 Å². The first-order chi connectivity index (χ1) is 11.3. The van der Waals surface area contributed by atoms with Crippen molar-refractivity contribution < 1.29 is 4.79 Å². The van der Waals surface area contributed by atoms with Crippen molar-refractivity contribution in [2.75, 3.05) is 5.75 Å². The highest BCUT2D eigenvalue weighted by molar-refractivity contribution is 8.00. The number of carbonyl (C=O) groups excluding carboxylic acids is 1. The predicted molar refractivity (Wildman–Crippen MR) is 92.4 cm³/mol. The molecular weight excluding hydrogens is 306 g/mol. The largest absolute Gasteiger partial charge is 0.350 e. The van der Waals surface area contributed by atoms with E-state index in [4.69, 9.17) is 0 Å². The zero-order valence-corrected chi connectivity index (χ0v) is 13.8. The van der Waals surface area contributed by atoms with Gasteiger partial charge in [-0.25, -0.2) is 4.98 Å². The van der Waals surface area contributed by atoms with E-state index in [9.17, 15) is 4.79 Å². The van der Waals surface area contributed by atoms with Crippen LogP contribution in [0.4, 0.5) is 0 Å². The quantitative estimate of drug-likeness (QED) is 0.942. The molecule has 3 unspecified atom stereocenters. The standard InChI is InChI=1S/C18H21N3OS/c22-18(17-14-5-2-1-4-13(14)8-11-23-17)20-15-6-3-7-16(15)21-10-9-19-12-21/h1-2,4-5,9-10,12,15-17H,3,6-8,11H2,(H,20,22). The highest BCUT2D eigenvalue weighted by Gasteiger charge is 2.33. The molecule has 1 saturated carbocycles. The van der Waals surface area contributed by atoms with Gasteiger partial charge < -0.3 is 9.88 Å². The van der Waals surface area contributed by atoms with E-state index in [-0.39, 0.29) is 17.2 Å².